The third-order valence-electron chi connectivity index (χ3n) is 6.83. The van der Waals surface area contributed by atoms with Gasteiger partial charge in [-0.25, -0.2) is 9.97 Å². The average molecular weight is 617 g/mol. The predicted octanol–water partition coefficient (Wildman–Crippen LogP) is 9.77. The van der Waals surface area contributed by atoms with Crippen LogP contribution in [-0.2, 0) is 12.4 Å². The van der Waals surface area contributed by atoms with Gasteiger partial charge in [0, 0.05) is 46.7 Å². The second kappa shape index (κ2) is 9.92. The van der Waals surface area contributed by atoms with Crippen LogP contribution in [0, 0.1) is 0 Å². The molecule has 4 nitrogen and oxygen atoms in total. The summed E-state index contributed by atoms with van der Waals surface area (Å²) >= 11 is 12.6. The van der Waals surface area contributed by atoms with Gasteiger partial charge in [-0.15, -0.1) is 0 Å². The van der Waals surface area contributed by atoms with Crippen LogP contribution in [0.25, 0.3) is 39.0 Å². The maximum atomic E-state index is 13.2. The molecule has 0 saturated carbocycles. The summed E-state index contributed by atoms with van der Waals surface area (Å²) in [5, 5.41) is 1.07. The zero-order valence-electron chi connectivity index (χ0n) is 21.1. The van der Waals surface area contributed by atoms with Crippen LogP contribution >= 0.6 is 23.2 Å². The highest BCUT2D eigenvalue weighted by molar-refractivity contribution is 6.32. The quantitative estimate of drug-likeness (QED) is 0.185. The first kappa shape index (κ1) is 27.9. The number of fused-ring (bicyclic) bond motifs is 2. The lowest BCUT2D eigenvalue weighted by Gasteiger charge is -2.10. The van der Waals surface area contributed by atoms with Crippen LogP contribution in [0.2, 0.25) is 10.0 Å². The van der Waals surface area contributed by atoms with Crippen molar-refractivity contribution in [3.05, 3.63) is 124 Å². The number of hydrogen-bond acceptors (Lipinski definition) is 2. The molecule has 0 radical (unpaired) electrons. The summed E-state index contributed by atoms with van der Waals surface area (Å²) in [6.45, 7) is 4.32. The Balaban J connectivity index is 1.50. The molecule has 42 heavy (non-hydrogen) atoms. The Morgan fingerprint density at radius 1 is 0.643 bits per heavy atom. The third kappa shape index (κ3) is 4.70. The second-order valence-electron chi connectivity index (χ2n) is 9.39. The van der Waals surface area contributed by atoms with Crippen molar-refractivity contribution >= 4 is 50.6 Å². The number of alkyl halides is 6. The van der Waals surface area contributed by atoms with Gasteiger partial charge in [0.1, 0.15) is 0 Å². The lowest BCUT2D eigenvalue weighted by atomic mass is 9.99. The van der Waals surface area contributed by atoms with Gasteiger partial charge in [-0.2, -0.15) is 26.3 Å². The number of benzene rings is 2. The van der Waals surface area contributed by atoms with E-state index in [0.717, 1.165) is 35.3 Å². The van der Waals surface area contributed by atoms with Crippen LogP contribution in [0.1, 0.15) is 22.3 Å². The molecule has 0 atom stereocenters. The van der Waals surface area contributed by atoms with Crippen LogP contribution in [0.15, 0.2) is 92.0 Å². The van der Waals surface area contributed by atoms with E-state index in [4.69, 9.17) is 23.2 Å². The lowest BCUT2D eigenvalue weighted by molar-refractivity contribution is -0.138. The summed E-state index contributed by atoms with van der Waals surface area (Å²) in [5.74, 6) is 0.200. The van der Waals surface area contributed by atoms with E-state index < -0.39 is 23.5 Å². The fourth-order valence-corrected chi connectivity index (χ4v) is 5.38. The Labute approximate surface area is 244 Å². The Morgan fingerprint density at radius 3 is 1.38 bits per heavy atom. The van der Waals surface area contributed by atoms with Crippen molar-refractivity contribution < 1.29 is 26.3 Å². The molecule has 212 valence electrons. The molecular weight excluding hydrogens is 601 g/mol. The molecule has 6 rings (SSSR count). The van der Waals surface area contributed by atoms with Gasteiger partial charge < -0.3 is 0 Å². The van der Waals surface area contributed by atoms with Gasteiger partial charge in [0.05, 0.1) is 32.2 Å². The molecule has 0 spiro atoms. The van der Waals surface area contributed by atoms with E-state index in [1.54, 1.807) is 57.9 Å². The minimum Gasteiger partial charge on any atom is -0.299 e. The number of para-hydroxylation sites is 2. The molecule has 4 aromatic heterocycles. The fourth-order valence-electron chi connectivity index (χ4n) is 4.86. The zero-order chi connectivity index (χ0) is 30.0. The summed E-state index contributed by atoms with van der Waals surface area (Å²) in [6.07, 6.45) is -4.40. The zero-order valence-corrected chi connectivity index (χ0v) is 22.6. The first-order valence-corrected chi connectivity index (χ1v) is 13.0. The molecule has 0 aliphatic heterocycles. The maximum Gasteiger partial charge on any atom is 0.417 e. The van der Waals surface area contributed by atoms with E-state index in [1.807, 2.05) is 12.1 Å². The van der Waals surface area contributed by atoms with E-state index in [2.05, 4.69) is 16.5 Å². The number of aromatic nitrogens is 4. The molecule has 4 heterocycles. The van der Waals surface area contributed by atoms with Crippen LogP contribution in [0.4, 0.5) is 26.3 Å². The number of nitrogens with zero attached hydrogens (tertiary/aromatic N) is 4. The molecule has 0 unspecified atom stereocenters. The SMILES string of the molecule is C=C(c1cn(-c2ncc(C(F)(F)F)cc2Cl)c2ccccc12)c1cn(-c2ncc(C(F)(F)F)cc2Cl)c2ccccc12. The van der Waals surface area contributed by atoms with Gasteiger partial charge in [0.2, 0.25) is 0 Å². The molecule has 12 heteroatoms. The smallest absolute Gasteiger partial charge is 0.299 e. The largest absolute Gasteiger partial charge is 0.417 e. The van der Waals surface area contributed by atoms with Crippen LogP contribution in [0.5, 0.6) is 0 Å². The molecule has 0 N–H and O–H groups in total. The third-order valence-corrected chi connectivity index (χ3v) is 7.38. The highest BCUT2D eigenvalue weighted by Crippen LogP contribution is 2.39. The monoisotopic (exact) mass is 616 g/mol. The van der Waals surface area contributed by atoms with E-state index in [9.17, 15) is 26.3 Å². The average Bonchev–Trinajstić information content (AvgIpc) is 3.51. The minimum atomic E-state index is -4.60. The van der Waals surface area contributed by atoms with Crippen molar-refractivity contribution in [3.8, 4) is 11.6 Å². The summed E-state index contributed by atoms with van der Waals surface area (Å²) in [6, 6.07) is 16.0. The van der Waals surface area contributed by atoms with Gasteiger partial charge in [-0.3, -0.25) is 9.13 Å². The highest BCUT2D eigenvalue weighted by atomic mass is 35.5. The first-order valence-electron chi connectivity index (χ1n) is 12.2. The minimum absolute atomic E-state index is 0.100. The van der Waals surface area contributed by atoms with Gasteiger partial charge in [0.15, 0.2) is 11.6 Å². The number of halogens is 8. The van der Waals surface area contributed by atoms with Crippen molar-refractivity contribution in [2.24, 2.45) is 0 Å². The maximum absolute atomic E-state index is 13.2. The molecule has 2 aromatic carbocycles. The van der Waals surface area contributed by atoms with Crippen molar-refractivity contribution in [2.45, 2.75) is 12.4 Å². The van der Waals surface area contributed by atoms with Gasteiger partial charge in [0.25, 0.3) is 0 Å². The molecule has 6 aromatic rings. The molecule has 0 aliphatic rings. The molecule has 0 bridgehead atoms. The predicted molar refractivity (Wildman–Crippen MR) is 150 cm³/mol. The van der Waals surface area contributed by atoms with Gasteiger partial charge in [-0.1, -0.05) is 66.2 Å². The standard InChI is InChI=1S/C30H16Cl2F6N4/c1-16(21-14-41(25-8-4-2-6-19(21)25)27-23(31)10-17(12-39-27)29(33,34)35)22-15-42(26-9-5-3-7-20(22)26)28-24(32)11-18(13-40-28)30(36,37)38/h2-15H,1H2. The van der Waals surface area contributed by atoms with E-state index in [0.29, 0.717) is 27.7 Å². The van der Waals surface area contributed by atoms with Gasteiger partial charge in [-0.05, 0) is 29.8 Å². The summed E-state index contributed by atoms with van der Waals surface area (Å²) < 4.78 is 82.5. The van der Waals surface area contributed by atoms with E-state index in [1.165, 1.54) is 0 Å². The summed E-state index contributed by atoms with van der Waals surface area (Å²) in [7, 11) is 0. The second-order valence-corrected chi connectivity index (χ2v) is 10.2. The Bertz CT molecular complexity index is 1880. The molecule has 0 fully saturated rings. The molecule has 0 amide bonds. The fraction of sp³-hybridized carbons (Fsp3) is 0.0667. The topological polar surface area (TPSA) is 35.6 Å². The van der Waals surface area contributed by atoms with Crippen molar-refractivity contribution in [3.63, 3.8) is 0 Å². The molecule has 0 saturated heterocycles. The van der Waals surface area contributed by atoms with Crippen molar-refractivity contribution in [1.29, 1.82) is 0 Å². The lowest BCUT2D eigenvalue weighted by Crippen LogP contribution is -2.07. The summed E-state index contributed by atoms with van der Waals surface area (Å²) in [4.78, 5) is 8.02. The van der Waals surface area contributed by atoms with E-state index >= 15 is 0 Å². The first-order chi connectivity index (χ1) is 19.8. The van der Waals surface area contributed by atoms with Crippen LogP contribution in [-0.4, -0.2) is 19.1 Å². The Morgan fingerprint density at radius 2 is 1.02 bits per heavy atom. The van der Waals surface area contributed by atoms with Crippen molar-refractivity contribution in [1.82, 2.24) is 19.1 Å². The summed E-state index contributed by atoms with van der Waals surface area (Å²) in [5.41, 5.74) is 1.11. The van der Waals surface area contributed by atoms with Crippen LogP contribution < -0.4 is 0 Å². The van der Waals surface area contributed by atoms with Gasteiger partial charge >= 0.3 is 12.4 Å². The number of rotatable bonds is 4. The van der Waals surface area contributed by atoms with Crippen LogP contribution in [0.3, 0.4) is 0 Å². The normalized spacial score (nSPS) is 12.4. The highest BCUT2D eigenvalue weighted by Gasteiger charge is 2.33. The van der Waals surface area contributed by atoms with E-state index in [-0.39, 0.29) is 21.7 Å². The molecule has 0 aliphatic carbocycles. The number of hydrogen-bond donors (Lipinski definition) is 0. The Kier molecular flexibility index (Phi) is 6.58. The number of pyridine rings is 2. The molecular formula is C30H16Cl2F6N4. The van der Waals surface area contributed by atoms with Crippen molar-refractivity contribution in [2.75, 3.05) is 0 Å². The Hall–Kier alpha value is -4.28.